The fourth-order valence-electron chi connectivity index (χ4n) is 1.93. The van der Waals surface area contributed by atoms with E-state index in [1.807, 2.05) is 54.7 Å². The summed E-state index contributed by atoms with van der Waals surface area (Å²) in [6.07, 6.45) is 5.20. The highest BCUT2D eigenvalue weighted by atomic mass is 14.8. The average molecular weight is 259 g/mol. The minimum Gasteiger partial charge on any atom is -0.256 e. The van der Waals surface area contributed by atoms with Gasteiger partial charge in [0.05, 0.1) is 16.6 Å². The van der Waals surface area contributed by atoms with Crippen LogP contribution in [0.1, 0.15) is 0 Å². The second-order valence-corrected chi connectivity index (χ2v) is 4.24. The fourth-order valence-corrected chi connectivity index (χ4v) is 1.93. The Kier molecular flexibility index (Phi) is 3.60. The van der Waals surface area contributed by atoms with Gasteiger partial charge in [-0.25, -0.2) is 0 Å². The van der Waals surface area contributed by atoms with Gasteiger partial charge in [-0.1, -0.05) is 36.4 Å². The third-order valence-corrected chi connectivity index (χ3v) is 2.89. The van der Waals surface area contributed by atoms with Gasteiger partial charge in [0.2, 0.25) is 0 Å². The second kappa shape index (κ2) is 5.89. The van der Waals surface area contributed by atoms with Crippen LogP contribution in [-0.4, -0.2) is 15.0 Å². The first-order chi connectivity index (χ1) is 9.93. The zero-order chi connectivity index (χ0) is 13.6. The Hall–Kier alpha value is -2.81. The summed E-state index contributed by atoms with van der Waals surface area (Å²) >= 11 is 0. The number of hydrogen-bond acceptors (Lipinski definition) is 3. The van der Waals surface area contributed by atoms with E-state index in [-0.39, 0.29) is 0 Å². The molecule has 0 bridgehead atoms. The molecule has 0 fully saturated rings. The van der Waals surface area contributed by atoms with Crippen LogP contribution < -0.4 is 0 Å². The van der Waals surface area contributed by atoms with Gasteiger partial charge in [-0.3, -0.25) is 15.0 Å². The molecule has 0 saturated carbocycles. The molecule has 3 nitrogen and oxygen atoms in total. The standard InChI is InChI=1S/C9H7N.C8H6N2/c1-2-6-9-8(4-1)5-3-7-10-9;1-2-4-8-7(3-1)9-5-6-10-8/h1-7H;1-6H. The van der Waals surface area contributed by atoms with Crippen molar-refractivity contribution >= 4 is 21.9 Å². The first-order valence-corrected chi connectivity index (χ1v) is 6.39. The van der Waals surface area contributed by atoms with E-state index in [4.69, 9.17) is 0 Å². The van der Waals surface area contributed by atoms with Crippen LogP contribution in [-0.2, 0) is 0 Å². The number of rotatable bonds is 0. The Labute approximate surface area is 117 Å². The van der Waals surface area contributed by atoms with Gasteiger partial charge in [0.15, 0.2) is 0 Å². The molecule has 20 heavy (non-hydrogen) atoms. The average Bonchev–Trinajstić information content (AvgIpc) is 2.56. The molecule has 0 N–H and O–H groups in total. The highest BCUT2D eigenvalue weighted by Gasteiger charge is 1.88. The lowest BCUT2D eigenvalue weighted by Gasteiger charge is -1.91. The van der Waals surface area contributed by atoms with Crippen LogP contribution in [0.4, 0.5) is 0 Å². The third-order valence-electron chi connectivity index (χ3n) is 2.89. The van der Waals surface area contributed by atoms with E-state index in [2.05, 4.69) is 27.1 Å². The van der Waals surface area contributed by atoms with Crippen molar-refractivity contribution in [3.63, 3.8) is 0 Å². The topological polar surface area (TPSA) is 38.7 Å². The molecule has 0 aliphatic rings. The number of aromatic nitrogens is 3. The largest absolute Gasteiger partial charge is 0.256 e. The smallest absolute Gasteiger partial charge is 0.0886 e. The van der Waals surface area contributed by atoms with Crippen molar-refractivity contribution in [2.75, 3.05) is 0 Å². The van der Waals surface area contributed by atoms with Crippen molar-refractivity contribution in [1.82, 2.24) is 15.0 Å². The van der Waals surface area contributed by atoms with E-state index in [9.17, 15) is 0 Å². The van der Waals surface area contributed by atoms with Gasteiger partial charge in [-0.05, 0) is 24.3 Å². The zero-order valence-electron chi connectivity index (χ0n) is 10.8. The lowest BCUT2D eigenvalue weighted by atomic mass is 10.2. The van der Waals surface area contributed by atoms with E-state index in [0.717, 1.165) is 16.6 Å². The van der Waals surface area contributed by atoms with Gasteiger partial charge in [0.1, 0.15) is 0 Å². The Morgan fingerprint density at radius 1 is 0.450 bits per heavy atom. The first-order valence-electron chi connectivity index (χ1n) is 6.39. The van der Waals surface area contributed by atoms with Crippen LogP contribution in [0.3, 0.4) is 0 Å². The number of nitrogens with zero attached hydrogens (tertiary/aromatic N) is 3. The van der Waals surface area contributed by atoms with E-state index < -0.39 is 0 Å². The Morgan fingerprint density at radius 3 is 1.60 bits per heavy atom. The molecule has 3 heteroatoms. The molecule has 0 aliphatic heterocycles. The highest BCUT2D eigenvalue weighted by molar-refractivity contribution is 5.77. The summed E-state index contributed by atoms with van der Waals surface area (Å²) in [6.45, 7) is 0. The normalized spacial score (nSPS) is 10.0. The Balaban J connectivity index is 0.000000121. The van der Waals surface area contributed by atoms with E-state index in [1.54, 1.807) is 12.4 Å². The van der Waals surface area contributed by atoms with E-state index in [1.165, 1.54) is 5.39 Å². The van der Waals surface area contributed by atoms with E-state index in [0.29, 0.717) is 0 Å². The highest BCUT2D eigenvalue weighted by Crippen LogP contribution is 2.08. The molecule has 0 atom stereocenters. The molecule has 4 rings (SSSR count). The van der Waals surface area contributed by atoms with Crippen molar-refractivity contribution in [3.8, 4) is 0 Å². The predicted molar refractivity (Wildman–Crippen MR) is 81.3 cm³/mol. The number of para-hydroxylation sites is 3. The quantitative estimate of drug-likeness (QED) is 0.481. The molecule has 4 aromatic rings. The van der Waals surface area contributed by atoms with Crippen LogP contribution in [0.25, 0.3) is 21.9 Å². The zero-order valence-corrected chi connectivity index (χ0v) is 10.8. The molecule has 0 amide bonds. The van der Waals surface area contributed by atoms with Gasteiger partial charge in [0.25, 0.3) is 0 Å². The van der Waals surface area contributed by atoms with Gasteiger partial charge in [-0.2, -0.15) is 0 Å². The summed E-state index contributed by atoms with van der Waals surface area (Å²) in [5.74, 6) is 0. The maximum Gasteiger partial charge on any atom is 0.0886 e. The maximum atomic E-state index is 4.18. The predicted octanol–water partition coefficient (Wildman–Crippen LogP) is 3.86. The number of hydrogen-bond donors (Lipinski definition) is 0. The molecule has 0 aliphatic carbocycles. The lowest BCUT2D eigenvalue weighted by Crippen LogP contribution is -1.78. The number of fused-ring (bicyclic) bond motifs is 2. The van der Waals surface area contributed by atoms with Crippen LogP contribution >= 0.6 is 0 Å². The van der Waals surface area contributed by atoms with Gasteiger partial charge < -0.3 is 0 Å². The van der Waals surface area contributed by atoms with Crippen LogP contribution in [0.2, 0.25) is 0 Å². The van der Waals surface area contributed by atoms with Crippen molar-refractivity contribution in [1.29, 1.82) is 0 Å². The van der Waals surface area contributed by atoms with Gasteiger partial charge in [0, 0.05) is 24.0 Å². The van der Waals surface area contributed by atoms with Gasteiger partial charge in [-0.15, -0.1) is 0 Å². The molecular formula is C17H13N3. The summed E-state index contributed by atoms with van der Waals surface area (Å²) in [6, 6.07) is 19.9. The van der Waals surface area contributed by atoms with Crippen molar-refractivity contribution in [2.24, 2.45) is 0 Å². The minimum atomic E-state index is 0.949. The second-order valence-electron chi connectivity index (χ2n) is 4.24. The maximum absolute atomic E-state index is 4.18. The van der Waals surface area contributed by atoms with Crippen LogP contribution in [0.15, 0.2) is 79.3 Å². The summed E-state index contributed by atoms with van der Waals surface area (Å²) in [5, 5.41) is 1.20. The Morgan fingerprint density at radius 2 is 0.950 bits per heavy atom. The number of benzene rings is 2. The summed E-state index contributed by atoms with van der Waals surface area (Å²) < 4.78 is 0. The number of pyridine rings is 1. The summed E-state index contributed by atoms with van der Waals surface area (Å²) in [4.78, 5) is 12.4. The molecule has 0 saturated heterocycles. The van der Waals surface area contributed by atoms with Gasteiger partial charge >= 0.3 is 0 Å². The lowest BCUT2D eigenvalue weighted by molar-refractivity contribution is 1.29. The summed E-state index contributed by atoms with van der Waals surface area (Å²) in [5.41, 5.74) is 2.96. The molecule has 0 spiro atoms. The van der Waals surface area contributed by atoms with Crippen molar-refractivity contribution < 1.29 is 0 Å². The van der Waals surface area contributed by atoms with Crippen molar-refractivity contribution in [2.45, 2.75) is 0 Å². The molecule has 0 unspecified atom stereocenters. The molecular weight excluding hydrogens is 246 g/mol. The fraction of sp³-hybridized carbons (Fsp3) is 0. The van der Waals surface area contributed by atoms with E-state index >= 15 is 0 Å². The minimum absolute atomic E-state index is 0.949. The molecule has 2 heterocycles. The van der Waals surface area contributed by atoms with Crippen molar-refractivity contribution in [3.05, 3.63) is 79.3 Å². The van der Waals surface area contributed by atoms with Crippen LogP contribution in [0, 0.1) is 0 Å². The third kappa shape index (κ3) is 2.78. The molecule has 2 aromatic carbocycles. The molecule has 0 radical (unpaired) electrons. The first kappa shape index (κ1) is 12.2. The summed E-state index contributed by atoms with van der Waals surface area (Å²) in [7, 11) is 0. The Bertz CT molecular complexity index is 625. The van der Waals surface area contributed by atoms with Crippen LogP contribution in [0.5, 0.6) is 0 Å². The molecule has 2 aromatic heterocycles. The molecule has 96 valence electrons. The SMILES string of the molecule is c1ccc2ncccc2c1.c1ccc2nccnc2c1. The monoisotopic (exact) mass is 259 g/mol.